The summed E-state index contributed by atoms with van der Waals surface area (Å²) in [4.78, 5) is 37.7. The Bertz CT molecular complexity index is 916. The highest BCUT2D eigenvalue weighted by atomic mass is 32.2. The zero-order chi connectivity index (χ0) is 20.8. The lowest BCUT2D eigenvalue weighted by atomic mass is 10.1. The lowest BCUT2D eigenvalue weighted by Gasteiger charge is -2.35. The van der Waals surface area contributed by atoms with Crippen LogP contribution in [0.25, 0.3) is 0 Å². The van der Waals surface area contributed by atoms with Crippen molar-refractivity contribution < 1.29 is 29.0 Å². The number of ether oxygens (including phenoxy) is 2. The molecule has 152 valence electrons. The molecule has 0 radical (unpaired) electrons. The van der Waals surface area contributed by atoms with Crippen LogP contribution in [0.1, 0.15) is 31.1 Å². The molecule has 1 N–H and O–H groups in total. The molecule has 1 atom stereocenters. The first kappa shape index (κ1) is 20.7. The van der Waals surface area contributed by atoms with E-state index in [-0.39, 0.29) is 46.7 Å². The molecule has 2 aromatic rings. The smallest absolute Gasteiger partial charge is 0.255 e. The van der Waals surface area contributed by atoms with Crippen molar-refractivity contribution in [2.75, 3.05) is 31.8 Å². The number of phenols is 1. The van der Waals surface area contributed by atoms with Crippen molar-refractivity contribution in [1.29, 1.82) is 0 Å². The number of carbonyl (C=O) groups excluding carboxylic acids is 3. The molecule has 3 rings (SSSR count). The summed E-state index contributed by atoms with van der Waals surface area (Å²) in [5.74, 6) is 1.61. The summed E-state index contributed by atoms with van der Waals surface area (Å²) in [5.41, 5.74) is 0.571. The summed E-state index contributed by atoms with van der Waals surface area (Å²) in [6.45, 7) is 0.664. The van der Waals surface area contributed by atoms with Crippen molar-refractivity contribution in [3.8, 4) is 17.2 Å². The first-order chi connectivity index (χ1) is 14.1. The topological polar surface area (TPSA) is 93.1 Å². The van der Waals surface area contributed by atoms with Gasteiger partial charge in [-0.15, -0.1) is 0 Å². The normalized spacial score (nSPS) is 16.2. The number of aldehydes is 2. The van der Waals surface area contributed by atoms with Crippen molar-refractivity contribution in [2.45, 2.75) is 6.04 Å². The largest absolute Gasteiger partial charge is 0.507 e. The Morgan fingerprint density at radius 2 is 1.90 bits per heavy atom. The number of amides is 1. The van der Waals surface area contributed by atoms with E-state index in [1.165, 1.54) is 13.2 Å². The maximum Gasteiger partial charge on any atom is 0.255 e. The van der Waals surface area contributed by atoms with Gasteiger partial charge in [-0.05, 0) is 24.3 Å². The second-order valence-electron chi connectivity index (χ2n) is 6.38. The fourth-order valence-electron chi connectivity index (χ4n) is 3.21. The minimum absolute atomic E-state index is 0.0740. The average molecular weight is 415 g/mol. The first-order valence-electron chi connectivity index (χ1n) is 9.01. The van der Waals surface area contributed by atoms with Crippen LogP contribution in [0.15, 0.2) is 36.4 Å². The number of hydrogen-bond donors (Lipinski definition) is 1. The highest BCUT2D eigenvalue weighted by Gasteiger charge is 2.30. The number of thioether (sulfide) groups is 1. The van der Waals surface area contributed by atoms with Gasteiger partial charge in [0, 0.05) is 18.1 Å². The average Bonchev–Trinajstić information content (AvgIpc) is 2.76. The van der Waals surface area contributed by atoms with E-state index >= 15 is 0 Å². The maximum atomic E-state index is 13.2. The second-order valence-corrected chi connectivity index (χ2v) is 7.53. The quantitative estimate of drug-likeness (QED) is 0.695. The molecule has 0 bridgehead atoms. The van der Waals surface area contributed by atoms with Crippen molar-refractivity contribution in [3.05, 3.63) is 53.1 Å². The number of hydrogen-bond acceptors (Lipinski definition) is 7. The molecule has 2 aromatic carbocycles. The zero-order valence-electron chi connectivity index (χ0n) is 15.9. The SMILES string of the molecule is COc1cccc(C(=O)N2CCSCC2COc2cccc(O)c2C=O)c1C=O. The van der Waals surface area contributed by atoms with Crippen LogP contribution in [0.4, 0.5) is 0 Å². The summed E-state index contributed by atoms with van der Waals surface area (Å²) in [6.07, 6.45) is 1.16. The van der Waals surface area contributed by atoms with Gasteiger partial charge in [-0.2, -0.15) is 11.8 Å². The Hall–Kier alpha value is -3.00. The minimum atomic E-state index is -0.272. The molecule has 0 aliphatic carbocycles. The molecular formula is C21H21NO6S. The van der Waals surface area contributed by atoms with Crippen molar-refractivity contribution in [2.24, 2.45) is 0 Å². The van der Waals surface area contributed by atoms with Gasteiger partial charge in [0.2, 0.25) is 0 Å². The molecule has 1 heterocycles. The van der Waals surface area contributed by atoms with E-state index in [1.807, 2.05) is 0 Å². The highest BCUT2D eigenvalue weighted by Crippen LogP contribution is 2.28. The molecule has 1 aliphatic rings. The molecule has 1 saturated heterocycles. The van der Waals surface area contributed by atoms with Crippen LogP contribution in [-0.4, -0.2) is 66.3 Å². The molecule has 1 unspecified atom stereocenters. The number of benzene rings is 2. The van der Waals surface area contributed by atoms with Gasteiger partial charge in [0.05, 0.1) is 29.8 Å². The molecular weight excluding hydrogens is 394 g/mol. The third-order valence-electron chi connectivity index (χ3n) is 4.71. The van der Waals surface area contributed by atoms with Gasteiger partial charge < -0.3 is 19.5 Å². The molecule has 1 fully saturated rings. The number of carbonyl (C=O) groups is 3. The van der Waals surface area contributed by atoms with E-state index < -0.39 is 0 Å². The molecule has 0 aromatic heterocycles. The highest BCUT2D eigenvalue weighted by molar-refractivity contribution is 7.99. The third kappa shape index (κ3) is 4.37. The molecule has 7 nitrogen and oxygen atoms in total. The van der Waals surface area contributed by atoms with Gasteiger partial charge in [0.1, 0.15) is 23.9 Å². The molecule has 0 saturated carbocycles. The number of rotatable bonds is 7. The van der Waals surface area contributed by atoms with Gasteiger partial charge in [0.15, 0.2) is 12.6 Å². The van der Waals surface area contributed by atoms with Gasteiger partial charge in [-0.25, -0.2) is 0 Å². The first-order valence-corrected chi connectivity index (χ1v) is 10.2. The van der Waals surface area contributed by atoms with Crippen LogP contribution in [0.5, 0.6) is 17.2 Å². The third-order valence-corrected chi connectivity index (χ3v) is 5.81. The number of aromatic hydroxyl groups is 1. The van der Waals surface area contributed by atoms with Crippen molar-refractivity contribution in [3.63, 3.8) is 0 Å². The van der Waals surface area contributed by atoms with Gasteiger partial charge in [-0.3, -0.25) is 14.4 Å². The van der Waals surface area contributed by atoms with Crippen LogP contribution in [-0.2, 0) is 0 Å². The lowest BCUT2D eigenvalue weighted by molar-refractivity contribution is 0.0644. The van der Waals surface area contributed by atoms with Crippen molar-refractivity contribution in [1.82, 2.24) is 4.90 Å². The lowest BCUT2D eigenvalue weighted by Crippen LogP contribution is -2.49. The fraction of sp³-hybridized carbons (Fsp3) is 0.286. The number of methoxy groups -OCH3 is 1. The number of nitrogens with zero attached hydrogens (tertiary/aromatic N) is 1. The Balaban J connectivity index is 1.82. The van der Waals surface area contributed by atoms with E-state index in [1.54, 1.807) is 47.0 Å². The van der Waals surface area contributed by atoms with Gasteiger partial charge in [-0.1, -0.05) is 12.1 Å². The van der Waals surface area contributed by atoms with Crippen molar-refractivity contribution >= 4 is 30.2 Å². The van der Waals surface area contributed by atoms with Gasteiger partial charge in [0.25, 0.3) is 5.91 Å². The fourth-order valence-corrected chi connectivity index (χ4v) is 4.25. The second kappa shape index (κ2) is 9.47. The summed E-state index contributed by atoms with van der Waals surface area (Å²) < 4.78 is 11.0. The Labute approximate surface area is 172 Å². The summed E-state index contributed by atoms with van der Waals surface area (Å²) in [7, 11) is 1.45. The monoisotopic (exact) mass is 415 g/mol. The Kier molecular flexibility index (Phi) is 6.77. The summed E-state index contributed by atoms with van der Waals surface area (Å²) in [5, 5.41) is 9.80. The predicted molar refractivity (Wildman–Crippen MR) is 110 cm³/mol. The number of phenolic OH excluding ortho intramolecular Hbond substituents is 1. The van der Waals surface area contributed by atoms with Crippen LogP contribution in [0, 0.1) is 0 Å². The Morgan fingerprint density at radius 3 is 2.62 bits per heavy atom. The standard InChI is InChI=1S/C21H21NO6S/c1-27-19-6-2-4-15(16(19)10-23)21(26)22-8-9-29-13-14(22)12-28-20-7-3-5-18(25)17(20)11-24/h2-7,10-11,14,25H,8-9,12-13H2,1H3. The van der Waals surface area contributed by atoms with E-state index in [0.717, 1.165) is 5.75 Å². The van der Waals surface area contributed by atoms with Crippen LogP contribution < -0.4 is 9.47 Å². The molecule has 1 amide bonds. The molecule has 29 heavy (non-hydrogen) atoms. The van der Waals surface area contributed by atoms with Crippen LogP contribution in [0.2, 0.25) is 0 Å². The predicted octanol–water partition coefficient (Wildman–Crippen LogP) is 2.66. The van der Waals surface area contributed by atoms with E-state index in [9.17, 15) is 19.5 Å². The van der Waals surface area contributed by atoms with E-state index in [4.69, 9.17) is 9.47 Å². The van der Waals surface area contributed by atoms with Gasteiger partial charge >= 0.3 is 0 Å². The zero-order valence-corrected chi connectivity index (χ0v) is 16.7. The molecule has 0 spiro atoms. The van der Waals surface area contributed by atoms with Crippen LogP contribution >= 0.6 is 11.8 Å². The summed E-state index contributed by atoms with van der Waals surface area (Å²) >= 11 is 1.70. The van der Waals surface area contributed by atoms with E-state index in [2.05, 4.69) is 0 Å². The Morgan fingerprint density at radius 1 is 1.17 bits per heavy atom. The molecule has 1 aliphatic heterocycles. The minimum Gasteiger partial charge on any atom is -0.507 e. The maximum absolute atomic E-state index is 13.2. The van der Waals surface area contributed by atoms with Crippen LogP contribution in [0.3, 0.4) is 0 Å². The summed E-state index contributed by atoms with van der Waals surface area (Å²) in [6, 6.07) is 9.25. The molecule has 8 heteroatoms. The van der Waals surface area contributed by atoms with E-state index in [0.29, 0.717) is 30.6 Å².